The molecule has 1 saturated heterocycles. The van der Waals surface area contributed by atoms with Crippen molar-refractivity contribution in [2.75, 3.05) is 18.1 Å². The number of benzene rings is 2. The molecule has 4 rings (SSSR count). The number of rotatable bonds is 8. The van der Waals surface area contributed by atoms with Gasteiger partial charge in [-0.1, -0.05) is 23.7 Å². The van der Waals surface area contributed by atoms with E-state index in [1.165, 1.54) is 11.2 Å². The summed E-state index contributed by atoms with van der Waals surface area (Å²) in [6.07, 6.45) is 1.76. The summed E-state index contributed by atoms with van der Waals surface area (Å²) >= 11 is 6.08. The number of amides is 3. The molecule has 0 N–H and O–H groups in total. The zero-order valence-corrected chi connectivity index (χ0v) is 18.8. The largest absolute Gasteiger partial charge is 0.494 e. The van der Waals surface area contributed by atoms with E-state index in [-0.39, 0.29) is 24.6 Å². The lowest BCUT2D eigenvalue weighted by atomic mass is 10.1. The van der Waals surface area contributed by atoms with Crippen molar-refractivity contribution in [2.45, 2.75) is 25.8 Å². The number of nitrogens with zero attached hydrogens (tertiary/aromatic N) is 2. The fraction of sp³-hybridized carbons (Fsp3) is 0.240. The highest BCUT2D eigenvalue weighted by Gasteiger charge is 2.44. The molecule has 3 aromatic rings. The Morgan fingerprint density at radius 2 is 1.94 bits per heavy atom. The number of carbonyl (C=O) groups excluding carboxylic acids is 3. The Kier molecular flexibility index (Phi) is 6.79. The van der Waals surface area contributed by atoms with Gasteiger partial charge in [0.15, 0.2) is 5.76 Å². The van der Waals surface area contributed by atoms with E-state index < -0.39 is 17.9 Å². The number of halogens is 1. The maximum atomic E-state index is 13.3. The van der Waals surface area contributed by atoms with Gasteiger partial charge in [0.1, 0.15) is 11.8 Å². The molecule has 8 heteroatoms. The maximum Gasteiger partial charge on any atom is 0.290 e. The number of carbonyl (C=O) groups is 3. The third-order valence-electron chi connectivity index (χ3n) is 5.43. The Balaban J connectivity index is 1.58. The monoisotopic (exact) mass is 466 g/mol. The van der Waals surface area contributed by atoms with E-state index in [4.69, 9.17) is 20.8 Å². The van der Waals surface area contributed by atoms with Gasteiger partial charge in [0.05, 0.1) is 25.0 Å². The summed E-state index contributed by atoms with van der Waals surface area (Å²) < 4.78 is 10.7. The quantitative estimate of drug-likeness (QED) is 0.461. The van der Waals surface area contributed by atoms with Gasteiger partial charge in [-0.3, -0.25) is 14.4 Å². The van der Waals surface area contributed by atoms with Crippen LogP contribution in [0.2, 0.25) is 5.02 Å². The molecule has 7 nitrogen and oxygen atoms in total. The molecular formula is C25H23ClN2O5. The normalized spacial score (nSPS) is 15.7. The number of hydrogen-bond acceptors (Lipinski definition) is 5. The van der Waals surface area contributed by atoms with Crippen LogP contribution in [0.1, 0.15) is 29.5 Å². The zero-order chi connectivity index (χ0) is 23.4. The van der Waals surface area contributed by atoms with Crippen molar-refractivity contribution in [3.05, 3.63) is 83.3 Å². The van der Waals surface area contributed by atoms with Crippen molar-refractivity contribution < 1.29 is 23.5 Å². The molecule has 0 radical (unpaired) electrons. The van der Waals surface area contributed by atoms with Crippen LogP contribution < -0.4 is 9.64 Å². The molecule has 33 heavy (non-hydrogen) atoms. The molecule has 1 atom stereocenters. The average molecular weight is 467 g/mol. The SMILES string of the molecule is CCOc1ccc(N2C(=O)CC(N(CCc3cccc(Cl)c3)C(=O)c3ccco3)C2=O)cc1. The second-order valence-corrected chi connectivity index (χ2v) is 8.01. The summed E-state index contributed by atoms with van der Waals surface area (Å²) in [4.78, 5) is 41.9. The van der Waals surface area contributed by atoms with Gasteiger partial charge in [0.2, 0.25) is 5.91 Å². The van der Waals surface area contributed by atoms with E-state index in [1.54, 1.807) is 42.5 Å². The molecule has 2 aromatic carbocycles. The van der Waals surface area contributed by atoms with Crippen LogP contribution in [0.15, 0.2) is 71.3 Å². The zero-order valence-electron chi connectivity index (χ0n) is 18.1. The predicted octanol–water partition coefficient (Wildman–Crippen LogP) is 4.35. The van der Waals surface area contributed by atoms with Crippen LogP contribution in [-0.4, -0.2) is 41.8 Å². The first-order valence-corrected chi connectivity index (χ1v) is 11.0. The Bertz CT molecular complexity index is 1140. The lowest BCUT2D eigenvalue weighted by Gasteiger charge is -2.27. The van der Waals surface area contributed by atoms with E-state index in [1.807, 2.05) is 25.1 Å². The van der Waals surface area contributed by atoms with E-state index in [2.05, 4.69) is 0 Å². The summed E-state index contributed by atoms with van der Waals surface area (Å²) in [5.74, 6) is -0.500. The molecule has 1 unspecified atom stereocenters. The lowest BCUT2D eigenvalue weighted by Crippen LogP contribution is -2.46. The van der Waals surface area contributed by atoms with Gasteiger partial charge >= 0.3 is 0 Å². The van der Waals surface area contributed by atoms with Crippen molar-refractivity contribution >= 4 is 35.0 Å². The summed E-state index contributed by atoms with van der Waals surface area (Å²) in [7, 11) is 0. The smallest absolute Gasteiger partial charge is 0.290 e. The molecule has 0 aliphatic carbocycles. The summed E-state index contributed by atoms with van der Waals surface area (Å²) in [6.45, 7) is 2.61. The number of furan rings is 1. The van der Waals surface area contributed by atoms with Crippen LogP contribution in [-0.2, 0) is 16.0 Å². The highest BCUT2D eigenvalue weighted by Crippen LogP contribution is 2.28. The van der Waals surface area contributed by atoms with Crippen LogP contribution in [0.3, 0.4) is 0 Å². The van der Waals surface area contributed by atoms with Crippen LogP contribution >= 0.6 is 11.6 Å². The molecule has 0 saturated carbocycles. The second-order valence-electron chi connectivity index (χ2n) is 7.57. The van der Waals surface area contributed by atoms with E-state index >= 15 is 0 Å². The number of ether oxygens (including phenoxy) is 1. The van der Waals surface area contributed by atoms with Gasteiger partial charge in [0.25, 0.3) is 11.8 Å². The molecule has 1 aromatic heterocycles. The Labute approximate surface area is 196 Å². The third-order valence-corrected chi connectivity index (χ3v) is 5.66. The summed E-state index contributed by atoms with van der Waals surface area (Å²) in [5.41, 5.74) is 1.36. The first-order chi connectivity index (χ1) is 16.0. The van der Waals surface area contributed by atoms with Gasteiger partial charge < -0.3 is 14.1 Å². The van der Waals surface area contributed by atoms with Gasteiger partial charge in [0, 0.05) is 11.6 Å². The van der Waals surface area contributed by atoms with Crippen molar-refractivity contribution in [3.63, 3.8) is 0 Å². The first-order valence-electron chi connectivity index (χ1n) is 10.7. The fourth-order valence-corrected chi connectivity index (χ4v) is 4.08. The van der Waals surface area contributed by atoms with Crippen molar-refractivity contribution in [2.24, 2.45) is 0 Å². The number of anilines is 1. The molecular weight excluding hydrogens is 444 g/mol. The minimum Gasteiger partial charge on any atom is -0.494 e. The Morgan fingerprint density at radius 3 is 2.61 bits per heavy atom. The third kappa shape index (κ3) is 4.93. The molecule has 3 amide bonds. The molecule has 1 aliphatic heterocycles. The van der Waals surface area contributed by atoms with Gasteiger partial charge in [-0.25, -0.2) is 4.90 Å². The highest BCUT2D eigenvalue weighted by molar-refractivity contribution is 6.30. The van der Waals surface area contributed by atoms with E-state index in [0.717, 1.165) is 10.5 Å². The Morgan fingerprint density at radius 1 is 1.15 bits per heavy atom. The minimum atomic E-state index is -0.930. The van der Waals surface area contributed by atoms with Gasteiger partial charge in [-0.15, -0.1) is 0 Å². The lowest BCUT2D eigenvalue weighted by molar-refractivity contribution is -0.122. The van der Waals surface area contributed by atoms with Gasteiger partial charge in [-0.2, -0.15) is 0 Å². The topological polar surface area (TPSA) is 80.1 Å². The molecule has 0 spiro atoms. The van der Waals surface area contributed by atoms with Crippen LogP contribution in [0.25, 0.3) is 0 Å². The standard InChI is InChI=1S/C25H23ClN2O5/c1-2-32-20-10-8-19(9-11-20)28-23(29)16-21(24(28)30)27(25(31)22-7-4-14-33-22)13-12-17-5-3-6-18(26)15-17/h3-11,14-15,21H,2,12-13,16H2,1H3. The number of hydrogen-bond donors (Lipinski definition) is 0. The molecule has 1 aliphatic rings. The fourth-order valence-electron chi connectivity index (χ4n) is 3.87. The van der Waals surface area contributed by atoms with Crippen molar-refractivity contribution in [3.8, 4) is 5.75 Å². The van der Waals surface area contributed by atoms with Crippen LogP contribution in [0, 0.1) is 0 Å². The Hall–Kier alpha value is -3.58. The van der Waals surface area contributed by atoms with Crippen molar-refractivity contribution in [1.29, 1.82) is 0 Å². The van der Waals surface area contributed by atoms with E-state index in [0.29, 0.717) is 29.5 Å². The summed E-state index contributed by atoms with van der Waals surface area (Å²) in [5, 5.41) is 0.588. The van der Waals surface area contributed by atoms with Crippen molar-refractivity contribution in [1.82, 2.24) is 4.90 Å². The molecule has 170 valence electrons. The number of imide groups is 1. The molecule has 0 bridgehead atoms. The predicted molar refractivity (Wildman–Crippen MR) is 123 cm³/mol. The van der Waals surface area contributed by atoms with Crippen LogP contribution in [0.5, 0.6) is 5.75 Å². The van der Waals surface area contributed by atoms with E-state index in [9.17, 15) is 14.4 Å². The minimum absolute atomic E-state index is 0.103. The summed E-state index contributed by atoms with van der Waals surface area (Å²) in [6, 6.07) is 16.3. The highest BCUT2D eigenvalue weighted by atomic mass is 35.5. The molecule has 1 fully saturated rings. The first kappa shape index (κ1) is 22.6. The maximum absolute atomic E-state index is 13.3. The van der Waals surface area contributed by atoms with Gasteiger partial charge in [-0.05, 0) is 67.4 Å². The second kappa shape index (κ2) is 9.92. The molecule has 2 heterocycles. The van der Waals surface area contributed by atoms with Crippen LogP contribution in [0.4, 0.5) is 5.69 Å². The average Bonchev–Trinajstić information content (AvgIpc) is 3.44.